The number of para-hydroxylation sites is 1. The Morgan fingerprint density at radius 1 is 0.903 bits per heavy atom. The number of hydrogen-bond acceptors (Lipinski definition) is 4. The standard InChI is InChI=1S/C25H37N5O/c1-3-26-25(27-14-19-31-4-2)28-20-22-10-8-9-11-23(22)21-29-15-17-30(18-16-29)24-12-6-5-7-13-24/h5-13H,3-4,14-21H2,1-2H3,(H2,26,27,28). The zero-order valence-electron chi connectivity index (χ0n) is 19.0. The lowest BCUT2D eigenvalue weighted by atomic mass is 10.1. The average Bonchev–Trinajstić information content (AvgIpc) is 2.82. The molecule has 168 valence electrons. The van der Waals surface area contributed by atoms with E-state index in [-0.39, 0.29) is 0 Å². The van der Waals surface area contributed by atoms with Gasteiger partial charge in [0, 0.05) is 58.1 Å². The monoisotopic (exact) mass is 423 g/mol. The number of nitrogens with zero attached hydrogens (tertiary/aromatic N) is 3. The second-order valence-corrected chi connectivity index (χ2v) is 7.69. The predicted octanol–water partition coefficient (Wildman–Crippen LogP) is 3.10. The number of aliphatic imine (C=N–C) groups is 1. The van der Waals surface area contributed by atoms with Crippen LogP contribution in [0, 0.1) is 0 Å². The first-order chi connectivity index (χ1) is 15.3. The third-order valence-electron chi connectivity index (χ3n) is 5.50. The molecule has 1 aliphatic rings. The molecule has 0 saturated carbocycles. The van der Waals surface area contributed by atoms with E-state index in [2.05, 4.69) is 82.0 Å². The summed E-state index contributed by atoms with van der Waals surface area (Å²) in [6.45, 7) is 13.1. The SMILES string of the molecule is CCNC(=NCc1ccccc1CN1CCN(c2ccccc2)CC1)NCCOCC. The number of hydrogen-bond donors (Lipinski definition) is 2. The van der Waals surface area contributed by atoms with Gasteiger partial charge >= 0.3 is 0 Å². The number of rotatable bonds is 10. The molecule has 1 aliphatic heterocycles. The van der Waals surface area contributed by atoms with E-state index in [1.54, 1.807) is 0 Å². The van der Waals surface area contributed by atoms with Crippen LogP contribution < -0.4 is 15.5 Å². The van der Waals surface area contributed by atoms with E-state index in [0.29, 0.717) is 13.2 Å². The van der Waals surface area contributed by atoms with E-state index in [1.165, 1.54) is 16.8 Å². The van der Waals surface area contributed by atoms with Gasteiger partial charge in [0.05, 0.1) is 13.2 Å². The quantitative estimate of drug-likeness (QED) is 0.349. The molecule has 2 aromatic rings. The van der Waals surface area contributed by atoms with Crippen LogP contribution in [-0.2, 0) is 17.8 Å². The number of guanidine groups is 1. The highest BCUT2D eigenvalue weighted by atomic mass is 16.5. The van der Waals surface area contributed by atoms with E-state index in [0.717, 1.165) is 58.4 Å². The lowest BCUT2D eigenvalue weighted by Crippen LogP contribution is -2.46. The molecule has 0 spiro atoms. The van der Waals surface area contributed by atoms with Crippen molar-refractivity contribution in [2.75, 3.05) is 57.4 Å². The molecule has 0 radical (unpaired) electrons. The second-order valence-electron chi connectivity index (χ2n) is 7.69. The van der Waals surface area contributed by atoms with Crippen molar-refractivity contribution in [3.63, 3.8) is 0 Å². The zero-order valence-corrected chi connectivity index (χ0v) is 19.0. The molecule has 0 atom stereocenters. The highest BCUT2D eigenvalue weighted by Crippen LogP contribution is 2.18. The second kappa shape index (κ2) is 13.0. The van der Waals surface area contributed by atoms with Gasteiger partial charge in [-0.1, -0.05) is 42.5 Å². The molecule has 1 heterocycles. The first-order valence-electron chi connectivity index (χ1n) is 11.5. The van der Waals surface area contributed by atoms with Gasteiger partial charge in [0.1, 0.15) is 0 Å². The summed E-state index contributed by atoms with van der Waals surface area (Å²) < 4.78 is 5.41. The minimum Gasteiger partial charge on any atom is -0.380 e. The average molecular weight is 424 g/mol. The summed E-state index contributed by atoms with van der Waals surface area (Å²) in [5.74, 6) is 0.841. The summed E-state index contributed by atoms with van der Waals surface area (Å²) in [4.78, 5) is 9.82. The third kappa shape index (κ3) is 7.56. The van der Waals surface area contributed by atoms with Crippen LogP contribution in [0.4, 0.5) is 5.69 Å². The molecule has 2 aromatic carbocycles. The molecule has 31 heavy (non-hydrogen) atoms. The first kappa shape index (κ1) is 23.1. The van der Waals surface area contributed by atoms with Crippen LogP contribution in [0.5, 0.6) is 0 Å². The Labute approximate surface area is 187 Å². The Balaban J connectivity index is 1.55. The van der Waals surface area contributed by atoms with Gasteiger partial charge in [-0.15, -0.1) is 0 Å². The molecule has 0 bridgehead atoms. The van der Waals surface area contributed by atoms with Crippen LogP contribution in [0.25, 0.3) is 0 Å². The maximum atomic E-state index is 5.41. The minimum atomic E-state index is 0.671. The number of piperazine rings is 1. The maximum Gasteiger partial charge on any atom is 0.191 e. The molecule has 0 aliphatic carbocycles. The zero-order chi connectivity index (χ0) is 21.7. The minimum absolute atomic E-state index is 0.671. The van der Waals surface area contributed by atoms with Crippen LogP contribution in [-0.4, -0.2) is 63.3 Å². The molecule has 1 saturated heterocycles. The predicted molar refractivity (Wildman–Crippen MR) is 130 cm³/mol. The van der Waals surface area contributed by atoms with Crippen molar-refractivity contribution in [3.8, 4) is 0 Å². The Morgan fingerprint density at radius 3 is 2.32 bits per heavy atom. The van der Waals surface area contributed by atoms with Crippen LogP contribution >= 0.6 is 0 Å². The largest absolute Gasteiger partial charge is 0.380 e. The van der Waals surface area contributed by atoms with Gasteiger partial charge in [-0.05, 0) is 37.1 Å². The summed E-state index contributed by atoms with van der Waals surface area (Å²) in [7, 11) is 0. The molecule has 1 fully saturated rings. The van der Waals surface area contributed by atoms with Crippen molar-refractivity contribution in [1.29, 1.82) is 0 Å². The topological polar surface area (TPSA) is 52.1 Å². The smallest absolute Gasteiger partial charge is 0.191 e. The van der Waals surface area contributed by atoms with Crippen LogP contribution in [0.3, 0.4) is 0 Å². The molecule has 3 rings (SSSR count). The lowest BCUT2D eigenvalue weighted by molar-refractivity contribution is 0.152. The molecular formula is C25H37N5O. The summed E-state index contributed by atoms with van der Waals surface area (Å²) in [5, 5.41) is 6.66. The summed E-state index contributed by atoms with van der Waals surface area (Å²) >= 11 is 0. The molecule has 0 aromatic heterocycles. The number of anilines is 1. The van der Waals surface area contributed by atoms with Gasteiger partial charge in [-0.3, -0.25) is 4.90 Å². The van der Waals surface area contributed by atoms with Gasteiger partial charge in [-0.2, -0.15) is 0 Å². The number of nitrogens with one attached hydrogen (secondary N) is 2. The molecule has 6 nitrogen and oxygen atoms in total. The fourth-order valence-electron chi connectivity index (χ4n) is 3.80. The highest BCUT2D eigenvalue weighted by Gasteiger charge is 2.18. The molecule has 0 unspecified atom stereocenters. The van der Waals surface area contributed by atoms with Gasteiger partial charge in [0.25, 0.3) is 0 Å². The Morgan fingerprint density at radius 2 is 1.61 bits per heavy atom. The fourth-order valence-corrected chi connectivity index (χ4v) is 3.80. The molecule has 2 N–H and O–H groups in total. The summed E-state index contributed by atoms with van der Waals surface area (Å²) in [6, 6.07) is 19.4. The van der Waals surface area contributed by atoms with Crippen molar-refractivity contribution >= 4 is 11.6 Å². The number of benzene rings is 2. The van der Waals surface area contributed by atoms with Gasteiger partial charge in [0.15, 0.2) is 5.96 Å². The van der Waals surface area contributed by atoms with E-state index in [1.807, 2.05) is 6.92 Å². The molecule has 6 heteroatoms. The Hall–Kier alpha value is -2.57. The van der Waals surface area contributed by atoms with Crippen molar-refractivity contribution in [2.45, 2.75) is 26.9 Å². The molecule has 0 amide bonds. The third-order valence-corrected chi connectivity index (χ3v) is 5.50. The van der Waals surface area contributed by atoms with Crippen LogP contribution in [0.1, 0.15) is 25.0 Å². The first-order valence-corrected chi connectivity index (χ1v) is 11.5. The number of ether oxygens (including phenoxy) is 1. The van der Waals surface area contributed by atoms with E-state index in [9.17, 15) is 0 Å². The maximum absolute atomic E-state index is 5.41. The van der Waals surface area contributed by atoms with Gasteiger partial charge < -0.3 is 20.3 Å². The fraction of sp³-hybridized carbons (Fsp3) is 0.480. The molecular weight excluding hydrogens is 386 g/mol. The Bertz CT molecular complexity index is 788. The van der Waals surface area contributed by atoms with E-state index in [4.69, 9.17) is 9.73 Å². The van der Waals surface area contributed by atoms with Crippen molar-refractivity contribution in [1.82, 2.24) is 15.5 Å². The van der Waals surface area contributed by atoms with Crippen molar-refractivity contribution in [2.24, 2.45) is 4.99 Å². The normalized spacial score (nSPS) is 15.2. The highest BCUT2D eigenvalue weighted by molar-refractivity contribution is 5.79. The lowest BCUT2D eigenvalue weighted by Gasteiger charge is -2.36. The van der Waals surface area contributed by atoms with Crippen LogP contribution in [0.2, 0.25) is 0 Å². The summed E-state index contributed by atoms with van der Waals surface area (Å²) in [6.07, 6.45) is 0. The summed E-state index contributed by atoms with van der Waals surface area (Å²) in [5.41, 5.74) is 3.98. The van der Waals surface area contributed by atoms with Crippen LogP contribution in [0.15, 0.2) is 59.6 Å². The van der Waals surface area contributed by atoms with E-state index < -0.39 is 0 Å². The van der Waals surface area contributed by atoms with Gasteiger partial charge in [-0.25, -0.2) is 4.99 Å². The Kier molecular flexibility index (Phi) is 9.67. The van der Waals surface area contributed by atoms with E-state index >= 15 is 0 Å². The van der Waals surface area contributed by atoms with Crippen molar-refractivity contribution < 1.29 is 4.74 Å². The van der Waals surface area contributed by atoms with Crippen molar-refractivity contribution in [3.05, 3.63) is 65.7 Å². The van der Waals surface area contributed by atoms with Gasteiger partial charge in [0.2, 0.25) is 0 Å².